The summed E-state index contributed by atoms with van der Waals surface area (Å²) in [5.74, 6) is -3.01. The highest BCUT2D eigenvalue weighted by Gasteiger charge is 2.73. The van der Waals surface area contributed by atoms with Crippen molar-refractivity contribution in [3.8, 4) is 0 Å². The molecule has 0 radical (unpaired) electrons. The predicted octanol–water partition coefficient (Wildman–Crippen LogP) is 1.50. The first-order valence-corrected chi connectivity index (χ1v) is 17.7. The number of carboxylic acids is 1. The van der Waals surface area contributed by atoms with Crippen molar-refractivity contribution >= 4 is 11.9 Å². The summed E-state index contributed by atoms with van der Waals surface area (Å²) >= 11 is 0. The summed E-state index contributed by atoms with van der Waals surface area (Å²) in [5, 5.41) is 85.9. The highest BCUT2D eigenvalue weighted by molar-refractivity contribution is 5.79. The van der Waals surface area contributed by atoms with Crippen LogP contribution in [0, 0.1) is 50.7 Å². The second-order valence-electron chi connectivity index (χ2n) is 17.5. The zero-order chi connectivity index (χ0) is 35.6. The highest BCUT2D eigenvalue weighted by Crippen LogP contribution is 2.76. The molecule has 8 N–H and O–H groups in total. The topological polar surface area (TPSA) is 214 Å². The third-order valence-corrected chi connectivity index (χ3v) is 15.6. The van der Waals surface area contributed by atoms with Gasteiger partial charge in [-0.3, -0.25) is 9.59 Å². The van der Waals surface area contributed by atoms with Crippen molar-refractivity contribution in [3.05, 3.63) is 11.6 Å². The van der Waals surface area contributed by atoms with Crippen LogP contribution in [0.3, 0.4) is 0 Å². The molecule has 0 spiro atoms. The fourth-order valence-corrected chi connectivity index (χ4v) is 12.3. The van der Waals surface area contributed by atoms with Gasteiger partial charge in [-0.2, -0.15) is 0 Å². The Bertz CT molecular complexity index is 1350. The molecule has 272 valence electrons. The Morgan fingerprint density at radius 3 is 2.21 bits per heavy atom. The number of fused-ring (bicyclic) bond motifs is 7. The zero-order valence-corrected chi connectivity index (χ0v) is 29.0. The average molecular weight is 681 g/mol. The zero-order valence-electron chi connectivity index (χ0n) is 29.0. The maximum Gasteiger partial charge on any atom is 0.315 e. The molecule has 0 aromatic heterocycles. The van der Waals surface area contributed by atoms with E-state index >= 15 is 0 Å². The summed E-state index contributed by atoms with van der Waals surface area (Å²) in [6.45, 7) is 11.2. The van der Waals surface area contributed by atoms with Gasteiger partial charge < -0.3 is 50.3 Å². The van der Waals surface area contributed by atoms with Crippen LogP contribution < -0.4 is 0 Å². The molecular weight excluding hydrogens is 624 g/mol. The summed E-state index contributed by atoms with van der Waals surface area (Å²) in [7, 11) is 0. The largest absolute Gasteiger partial charge is 0.481 e. The lowest BCUT2D eigenvalue weighted by molar-refractivity contribution is -0.299. The monoisotopic (exact) mass is 680 g/mol. The average Bonchev–Trinajstić information content (AvgIpc) is 3.02. The molecule has 12 nitrogen and oxygen atoms in total. The summed E-state index contributed by atoms with van der Waals surface area (Å²) in [5.41, 5.74) is -4.57. The third-order valence-electron chi connectivity index (χ3n) is 15.6. The molecule has 6 aliphatic rings. The SMILES string of the molecule is C[C@@H]1CC[C@]2(C(=O)O[C@@H]3O[C@H](CO)[C@@H](O)[C@H](O)[C@H]3O)CC[C@]3(C)C(=CCC4[C@@]5(C)C[C@@H](O)[C@H](O)[C@@](C)(C(=O)O)C5CC[C@]43C)C2[C@]1(C)O. The first-order chi connectivity index (χ1) is 22.2. The minimum atomic E-state index is -1.75. The van der Waals surface area contributed by atoms with Gasteiger partial charge in [-0.05, 0) is 99.2 Å². The molecule has 0 amide bonds. The number of hydrogen-bond donors (Lipinski definition) is 8. The number of esters is 1. The molecule has 1 heterocycles. The van der Waals surface area contributed by atoms with Crippen molar-refractivity contribution in [3.63, 3.8) is 0 Å². The fourth-order valence-electron chi connectivity index (χ4n) is 12.3. The number of rotatable bonds is 4. The quantitative estimate of drug-likeness (QED) is 0.157. The Hall–Kier alpha value is -1.64. The van der Waals surface area contributed by atoms with Crippen LogP contribution in [-0.2, 0) is 19.1 Å². The number of hydrogen-bond acceptors (Lipinski definition) is 11. The van der Waals surface area contributed by atoms with Gasteiger partial charge in [0.2, 0.25) is 6.29 Å². The van der Waals surface area contributed by atoms with E-state index in [-0.39, 0.29) is 24.2 Å². The summed E-state index contributed by atoms with van der Waals surface area (Å²) in [6, 6.07) is 0. The van der Waals surface area contributed by atoms with Gasteiger partial charge in [-0.15, -0.1) is 0 Å². The molecule has 3 unspecified atom stereocenters. The number of aliphatic carboxylic acids is 1. The van der Waals surface area contributed by atoms with Gasteiger partial charge >= 0.3 is 11.9 Å². The Kier molecular flexibility index (Phi) is 8.61. The summed E-state index contributed by atoms with van der Waals surface area (Å²) in [4.78, 5) is 27.2. The van der Waals surface area contributed by atoms with Gasteiger partial charge in [-0.1, -0.05) is 39.3 Å². The van der Waals surface area contributed by atoms with Gasteiger partial charge in [0.1, 0.15) is 24.4 Å². The molecule has 5 fully saturated rings. The van der Waals surface area contributed by atoms with E-state index < -0.39 is 100 Å². The number of carbonyl (C=O) groups is 2. The molecule has 48 heavy (non-hydrogen) atoms. The third kappa shape index (κ3) is 4.49. The van der Waals surface area contributed by atoms with E-state index in [0.717, 1.165) is 5.57 Å². The van der Waals surface area contributed by atoms with Crippen LogP contribution in [-0.4, -0.2) is 108 Å². The standard InChI is InChI=1S/C36H56O12/c1-17-9-12-36(30(45)48-28-25(41)24(40)23(39)20(16-37)47-28)14-13-32(3)18(26(36)35(17,6)46)7-8-21-31(2)15-19(38)27(42)34(5,29(43)44)22(31)10-11-33(21,32)4/h7,17,19-28,37-42,46H,8-16H2,1-6H3,(H,43,44)/t17-,19-,20-,21?,22?,23-,24+,25-,26?,27+,28+,31-,32-,33-,34+,35-,36+/m1/s1. The van der Waals surface area contributed by atoms with E-state index in [9.17, 15) is 50.4 Å². The molecule has 1 aliphatic heterocycles. The van der Waals surface area contributed by atoms with Crippen LogP contribution in [0.15, 0.2) is 11.6 Å². The summed E-state index contributed by atoms with van der Waals surface area (Å²) < 4.78 is 11.4. The Morgan fingerprint density at radius 2 is 1.58 bits per heavy atom. The Morgan fingerprint density at radius 1 is 0.917 bits per heavy atom. The minimum absolute atomic E-state index is 0.0437. The molecule has 5 aliphatic carbocycles. The predicted molar refractivity (Wildman–Crippen MR) is 170 cm³/mol. The van der Waals surface area contributed by atoms with Crippen molar-refractivity contribution < 1.29 is 59.9 Å². The lowest BCUT2D eigenvalue weighted by Crippen LogP contribution is -2.70. The lowest BCUT2D eigenvalue weighted by Gasteiger charge is -2.71. The van der Waals surface area contributed by atoms with Crippen molar-refractivity contribution in [1.82, 2.24) is 0 Å². The van der Waals surface area contributed by atoms with Crippen LogP contribution in [0.1, 0.15) is 92.9 Å². The summed E-state index contributed by atoms with van der Waals surface area (Å²) in [6.07, 6.45) is -4.43. The number of aliphatic hydroxyl groups excluding tert-OH is 6. The first kappa shape index (κ1) is 36.2. The Labute approximate surface area is 282 Å². The van der Waals surface area contributed by atoms with Gasteiger partial charge in [-0.25, -0.2) is 0 Å². The van der Waals surface area contributed by atoms with E-state index in [0.29, 0.717) is 44.9 Å². The second-order valence-corrected chi connectivity index (χ2v) is 17.5. The second kappa shape index (κ2) is 11.4. The van der Waals surface area contributed by atoms with Crippen LogP contribution in [0.25, 0.3) is 0 Å². The lowest BCUT2D eigenvalue weighted by atomic mass is 9.33. The van der Waals surface area contributed by atoms with E-state index in [1.165, 1.54) is 0 Å². The normalized spacial score (nSPS) is 56.4. The molecule has 12 heteroatoms. The molecule has 1 saturated heterocycles. The van der Waals surface area contributed by atoms with E-state index in [1.54, 1.807) is 13.8 Å². The van der Waals surface area contributed by atoms with Crippen LogP contribution >= 0.6 is 0 Å². The number of carbonyl (C=O) groups excluding carboxylic acids is 1. The van der Waals surface area contributed by atoms with Gasteiger partial charge in [0, 0.05) is 5.92 Å². The number of carboxylic acid groups (broad SMARTS) is 1. The molecular formula is C36H56O12. The fraction of sp³-hybridized carbons (Fsp3) is 0.889. The molecule has 6 rings (SSSR count). The molecule has 17 atom stereocenters. The first-order valence-electron chi connectivity index (χ1n) is 17.7. The molecule has 0 aromatic carbocycles. The number of ether oxygens (including phenoxy) is 2. The van der Waals surface area contributed by atoms with E-state index in [4.69, 9.17) is 9.47 Å². The molecule has 0 bridgehead atoms. The van der Waals surface area contributed by atoms with Gasteiger partial charge in [0.15, 0.2) is 0 Å². The van der Waals surface area contributed by atoms with Gasteiger partial charge in [0.25, 0.3) is 0 Å². The van der Waals surface area contributed by atoms with Crippen molar-refractivity contribution in [2.24, 2.45) is 50.7 Å². The maximum absolute atomic E-state index is 14.5. The molecule has 0 aromatic rings. The van der Waals surface area contributed by atoms with Crippen molar-refractivity contribution in [2.75, 3.05) is 6.61 Å². The number of aliphatic hydroxyl groups is 7. The van der Waals surface area contributed by atoms with Crippen LogP contribution in [0.5, 0.6) is 0 Å². The maximum atomic E-state index is 14.5. The Balaban J connectivity index is 1.41. The smallest absolute Gasteiger partial charge is 0.315 e. The van der Waals surface area contributed by atoms with Crippen molar-refractivity contribution in [2.45, 2.75) is 141 Å². The number of allylic oxidation sites excluding steroid dienone is 1. The van der Waals surface area contributed by atoms with E-state index in [2.05, 4.69) is 26.8 Å². The van der Waals surface area contributed by atoms with Crippen molar-refractivity contribution in [1.29, 1.82) is 0 Å². The van der Waals surface area contributed by atoms with Crippen LogP contribution in [0.4, 0.5) is 0 Å². The van der Waals surface area contributed by atoms with E-state index in [1.807, 2.05) is 6.92 Å². The molecule has 4 saturated carbocycles. The minimum Gasteiger partial charge on any atom is -0.481 e. The van der Waals surface area contributed by atoms with Gasteiger partial charge in [0.05, 0.1) is 35.2 Å². The van der Waals surface area contributed by atoms with Crippen LogP contribution in [0.2, 0.25) is 0 Å². The highest BCUT2D eigenvalue weighted by atomic mass is 16.7.